The van der Waals surface area contributed by atoms with Crippen molar-refractivity contribution in [1.29, 1.82) is 0 Å². The Balaban J connectivity index is 2.19. The largest absolute Gasteiger partial charge is 0.395 e. The molecular weight excluding hydrogens is 336 g/mol. The maximum absolute atomic E-state index is 9.24. The van der Waals surface area contributed by atoms with Crippen molar-refractivity contribution in [2.24, 2.45) is 0 Å². The molecule has 2 aromatic carbocycles. The summed E-state index contributed by atoms with van der Waals surface area (Å²) < 4.78 is 0. The highest BCUT2D eigenvalue weighted by Gasteiger charge is 2.31. The van der Waals surface area contributed by atoms with Crippen molar-refractivity contribution in [3.8, 4) is 0 Å². The zero-order valence-corrected chi connectivity index (χ0v) is 16.9. The fraction of sp³-hybridized carbons (Fsp3) is 0.478. The molecule has 1 atom stereocenters. The summed E-state index contributed by atoms with van der Waals surface area (Å²) in [7, 11) is 4.34. The lowest BCUT2D eigenvalue weighted by atomic mass is 9.81. The number of nitrogens with zero attached hydrogens (tertiary/aromatic N) is 2. The van der Waals surface area contributed by atoms with Crippen LogP contribution in [0.25, 0.3) is 0 Å². The summed E-state index contributed by atoms with van der Waals surface area (Å²) in [5, 5.41) is 18.5. The highest BCUT2D eigenvalue weighted by molar-refractivity contribution is 5.48. The SMILES string of the molecule is CCC(Cc1ccccc1)(Cc1ccc(N(CCO)CCO)cc1)N(C)C. The van der Waals surface area contributed by atoms with Crippen molar-refractivity contribution in [3.05, 3.63) is 65.7 Å². The zero-order valence-electron chi connectivity index (χ0n) is 16.9. The molecule has 1 unspecified atom stereocenters. The molecule has 0 aliphatic carbocycles. The maximum atomic E-state index is 9.24. The summed E-state index contributed by atoms with van der Waals surface area (Å²) in [5.74, 6) is 0. The second-order valence-corrected chi connectivity index (χ2v) is 7.41. The van der Waals surface area contributed by atoms with E-state index in [1.165, 1.54) is 11.1 Å². The van der Waals surface area contributed by atoms with Crippen LogP contribution >= 0.6 is 0 Å². The molecule has 4 nitrogen and oxygen atoms in total. The molecule has 2 aromatic rings. The summed E-state index contributed by atoms with van der Waals surface area (Å²) in [6.45, 7) is 3.49. The van der Waals surface area contributed by atoms with E-state index < -0.39 is 0 Å². The molecule has 0 fully saturated rings. The van der Waals surface area contributed by atoms with E-state index >= 15 is 0 Å². The van der Waals surface area contributed by atoms with E-state index in [-0.39, 0.29) is 18.8 Å². The molecule has 2 rings (SSSR count). The summed E-state index contributed by atoms with van der Waals surface area (Å²) in [6, 6.07) is 19.2. The molecular formula is C23H34N2O2. The Labute approximate surface area is 164 Å². The van der Waals surface area contributed by atoms with Crippen molar-refractivity contribution >= 4 is 5.69 Å². The zero-order chi connectivity index (χ0) is 19.7. The molecule has 0 spiro atoms. The van der Waals surface area contributed by atoms with Crippen LogP contribution in [-0.4, -0.2) is 61.1 Å². The Hall–Kier alpha value is -1.88. The molecule has 0 heterocycles. The number of aliphatic hydroxyl groups is 2. The second-order valence-electron chi connectivity index (χ2n) is 7.41. The van der Waals surface area contributed by atoms with Gasteiger partial charge in [0.05, 0.1) is 13.2 Å². The summed E-state index contributed by atoms with van der Waals surface area (Å²) in [4.78, 5) is 4.37. The van der Waals surface area contributed by atoms with Crippen molar-refractivity contribution in [1.82, 2.24) is 4.90 Å². The first-order valence-corrected chi connectivity index (χ1v) is 9.81. The third kappa shape index (κ3) is 5.80. The van der Waals surface area contributed by atoms with E-state index in [9.17, 15) is 10.2 Å². The highest BCUT2D eigenvalue weighted by atomic mass is 16.3. The number of benzene rings is 2. The normalized spacial score (nSPS) is 13.6. The van der Waals surface area contributed by atoms with E-state index in [0.717, 1.165) is 24.9 Å². The Kier molecular flexibility index (Phi) is 8.29. The van der Waals surface area contributed by atoms with Gasteiger partial charge in [-0.2, -0.15) is 0 Å². The summed E-state index contributed by atoms with van der Waals surface area (Å²) in [6.07, 6.45) is 3.06. The molecule has 0 aliphatic heterocycles. The van der Waals surface area contributed by atoms with E-state index in [0.29, 0.717) is 13.1 Å². The molecule has 0 amide bonds. The minimum Gasteiger partial charge on any atom is -0.395 e. The average Bonchev–Trinajstić information content (AvgIpc) is 2.68. The van der Waals surface area contributed by atoms with E-state index in [2.05, 4.69) is 80.5 Å². The van der Waals surface area contributed by atoms with Gasteiger partial charge in [-0.3, -0.25) is 0 Å². The van der Waals surface area contributed by atoms with Gasteiger partial charge in [-0.05, 0) is 56.6 Å². The first-order valence-electron chi connectivity index (χ1n) is 9.81. The number of aliphatic hydroxyl groups excluding tert-OH is 2. The van der Waals surface area contributed by atoms with Crippen LogP contribution in [0.2, 0.25) is 0 Å². The molecule has 148 valence electrons. The van der Waals surface area contributed by atoms with Crippen molar-refractivity contribution in [3.63, 3.8) is 0 Å². The average molecular weight is 371 g/mol. The van der Waals surface area contributed by atoms with Crippen LogP contribution in [0.15, 0.2) is 54.6 Å². The van der Waals surface area contributed by atoms with Crippen molar-refractivity contribution in [2.75, 3.05) is 45.3 Å². The van der Waals surface area contributed by atoms with Gasteiger partial charge in [-0.1, -0.05) is 49.4 Å². The third-order valence-electron chi connectivity index (χ3n) is 5.56. The molecule has 0 aromatic heterocycles. The van der Waals surface area contributed by atoms with Gasteiger partial charge in [0, 0.05) is 24.3 Å². The topological polar surface area (TPSA) is 46.9 Å². The molecule has 0 bridgehead atoms. The minimum atomic E-state index is 0.0682. The van der Waals surface area contributed by atoms with Crippen LogP contribution in [-0.2, 0) is 12.8 Å². The van der Waals surface area contributed by atoms with Gasteiger partial charge in [0.1, 0.15) is 0 Å². The molecule has 0 saturated heterocycles. The predicted molar refractivity (Wildman–Crippen MR) is 113 cm³/mol. The fourth-order valence-corrected chi connectivity index (χ4v) is 3.74. The van der Waals surface area contributed by atoms with E-state index in [1.54, 1.807) is 0 Å². The molecule has 0 aliphatic rings. The van der Waals surface area contributed by atoms with Crippen LogP contribution in [0.1, 0.15) is 24.5 Å². The molecule has 0 saturated carbocycles. The molecule has 0 radical (unpaired) electrons. The third-order valence-corrected chi connectivity index (χ3v) is 5.56. The molecule has 2 N–H and O–H groups in total. The summed E-state index contributed by atoms with van der Waals surface area (Å²) in [5.41, 5.74) is 3.77. The Morgan fingerprint density at radius 2 is 1.30 bits per heavy atom. The smallest absolute Gasteiger partial charge is 0.0606 e. The van der Waals surface area contributed by atoms with Crippen molar-refractivity contribution in [2.45, 2.75) is 31.7 Å². The Morgan fingerprint density at radius 3 is 1.74 bits per heavy atom. The minimum absolute atomic E-state index is 0.0682. The fourth-order valence-electron chi connectivity index (χ4n) is 3.74. The quantitative estimate of drug-likeness (QED) is 0.638. The predicted octanol–water partition coefficient (Wildman–Crippen LogP) is 2.97. The summed E-state index contributed by atoms with van der Waals surface area (Å²) >= 11 is 0. The first kappa shape index (κ1) is 21.4. The standard InChI is InChI=1S/C23H34N2O2/c1-4-23(24(2)3,18-20-8-6-5-7-9-20)19-21-10-12-22(13-11-21)25(14-16-26)15-17-27/h5-13,26-27H,4,14-19H2,1-3H3. The Bertz CT molecular complexity index is 652. The first-order chi connectivity index (χ1) is 13.0. The van der Waals surface area contributed by atoms with Crippen LogP contribution in [0, 0.1) is 0 Å². The maximum Gasteiger partial charge on any atom is 0.0606 e. The van der Waals surface area contributed by atoms with Gasteiger partial charge in [-0.15, -0.1) is 0 Å². The van der Waals surface area contributed by atoms with Gasteiger partial charge in [0.2, 0.25) is 0 Å². The monoisotopic (exact) mass is 370 g/mol. The number of hydrogen-bond acceptors (Lipinski definition) is 4. The van der Waals surface area contributed by atoms with E-state index in [4.69, 9.17) is 0 Å². The van der Waals surface area contributed by atoms with E-state index in [1.807, 2.05) is 4.90 Å². The number of rotatable bonds is 11. The van der Waals surface area contributed by atoms with Gasteiger partial charge in [-0.25, -0.2) is 0 Å². The van der Waals surface area contributed by atoms with Gasteiger partial charge >= 0.3 is 0 Å². The van der Waals surface area contributed by atoms with Gasteiger partial charge in [0.25, 0.3) is 0 Å². The lowest BCUT2D eigenvalue weighted by Crippen LogP contribution is -2.47. The number of anilines is 1. The lowest BCUT2D eigenvalue weighted by molar-refractivity contribution is 0.143. The van der Waals surface area contributed by atoms with Gasteiger partial charge < -0.3 is 20.0 Å². The van der Waals surface area contributed by atoms with Crippen LogP contribution < -0.4 is 4.90 Å². The van der Waals surface area contributed by atoms with Crippen LogP contribution in [0.5, 0.6) is 0 Å². The lowest BCUT2D eigenvalue weighted by Gasteiger charge is -2.40. The van der Waals surface area contributed by atoms with Crippen LogP contribution in [0.3, 0.4) is 0 Å². The van der Waals surface area contributed by atoms with Gasteiger partial charge in [0.15, 0.2) is 0 Å². The molecule has 4 heteroatoms. The van der Waals surface area contributed by atoms with Crippen molar-refractivity contribution < 1.29 is 10.2 Å². The number of likely N-dealkylation sites (N-methyl/N-ethyl adjacent to an activating group) is 1. The Morgan fingerprint density at radius 1 is 0.778 bits per heavy atom. The number of hydrogen-bond donors (Lipinski definition) is 2. The highest BCUT2D eigenvalue weighted by Crippen LogP contribution is 2.28. The molecule has 27 heavy (non-hydrogen) atoms. The second kappa shape index (κ2) is 10.5. The van der Waals surface area contributed by atoms with Crippen LogP contribution in [0.4, 0.5) is 5.69 Å².